The molecule has 2 aromatic heterocycles. The van der Waals surface area contributed by atoms with E-state index in [4.69, 9.17) is 0 Å². The van der Waals surface area contributed by atoms with Crippen LogP contribution in [0.1, 0.15) is 56.8 Å². The van der Waals surface area contributed by atoms with Crippen molar-refractivity contribution < 1.29 is 19.0 Å². The monoisotopic (exact) mass is 443 g/mol. The lowest BCUT2D eigenvalue weighted by Crippen LogP contribution is -2.57. The van der Waals surface area contributed by atoms with Crippen LogP contribution in [0.25, 0.3) is 11.1 Å². The fourth-order valence-corrected chi connectivity index (χ4v) is 4.29. The van der Waals surface area contributed by atoms with Crippen LogP contribution < -0.4 is 5.32 Å². The molecule has 0 radical (unpaired) electrons. The Balaban J connectivity index is 1.61. The standard InChI is InChI=1S/C23H27F2N5O2/c1-14-9-15(11-17(10-14)28-21-26-8-6-18(29-21)20(24)25)16-12-27-30(13-16)19-5-4-7-22(2,31)23(19,3)32/h6,8-13,19-20,31-32H,4-5,7H2,1-3H3,(H,26,28,29). The Bertz CT molecular complexity index is 1110. The number of nitrogens with one attached hydrogen (secondary N) is 1. The van der Waals surface area contributed by atoms with Crippen LogP contribution in [0.4, 0.5) is 20.4 Å². The SMILES string of the molecule is Cc1cc(Nc2nccc(C(F)F)n2)cc(-c2cnn(C3CCCC(C)(O)C3(C)O)c2)c1. The number of halogens is 2. The number of aryl methyl sites for hydroxylation is 1. The Hall–Kier alpha value is -2.91. The molecule has 3 N–H and O–H groups in total. The summed E-state index contributed by atoms with van der Waals surface area (Å²) in [6, 6.07) is 6.55. The van der Waals surface area contributed by atoms with E-state index in [2.05, 4.69) is 20.4 Å². The van der Waals surface area contributed by atoms with Gasteiger partial charge in [-0.25, -0.2) is 18.7 Å². The van der Waals surface area contributed by atoms with Gasteiger partial charge in [-0.2, -0.15) is 5.10 Å². The molecular formula is C23H27F2N5O2. The minimum atomic E-state index is -2.67. The number of anilines is 2. The summed E-state index contributed by atoms with van der Waals surface area (Å²) in [7, 11) is 0. The van der Waals surface area contributed by atoms with E-state index < -0.39 is 17.6 Å². The molecule has 1 saturated carbocycles. The van der Waals surface area contributed by atoms with Gasteiger partial charge in [-0.15, -0.1) is 0 Å². The maximum absolute atomic E-state index is 12.9. The van der Waals surface area contributed by atoms with Crippen molar-refractivity contribution in [2.24, 2.45) is 0 Å². The molecule has 1 fully saturated rings. The Morgan fingerprint density at radius 1 is 1.19 bits per heavy atom. The lowest BCUT2D eigenvalue weighted by atomic mass is 9.71. The van der Waals surface area contributed by atoms with Crippen molar-refractivity contribution in [2.45, 2.75) is 63.7 Å². The van der Waals surface area contributed by atoms with Gasteiger partial charge in [-0.3, -0.25) is 4.68 Å². The number of aromatic nitrogens is 4. The van der Waals surface area contributed by atoms with Crippen molar-refractivity contribution in [3.63, 3.8) is 0 Å². The van der Waals surface area contributed by atoms with Crippen molar-refractivity contribution in [3.05, 3.63) is 54.1 Å². The van der Waals surface area contributed by atoms with E-state index in [1.165, 1.54) is 12.3 Å². The first-order chi connectivity index (χ1) is 15.1. The van der Waals surface area contributed by atoms with Gasteiger partial charge in [0.05, 0.1) is 17.8 Å². The van der Waals surface area contributed by atoms with Gasteiger partial charge in [0.15, 0.2) is 0 Å². The van der Waals surface area contributed by atoms with E-state index in [0.29, 0.717) is 18.5 Å². The van der Waals surface area contributed by atoms with Gasteiger partial charge in [0.2, 0.25) is 5.95 Å². The summed E-state index contributed by atoms with van der Waals surface area (Å²) in [4.78, 5) is 7.87. The van der Waals surface area contributed by atoms with Crippen LogP contribution in [-0.4, -0.2) is 41.2 Å². The highest BCUT2D eigenvalue weighted by molar-refractivity contribution is 5.70. The first-order valence-corrected chi connectivity index (χ1v) is 10.6. The van der Waals surface area contributed by atoms with Crippen LogP contribution >= 0.6 is 0 Å². The van der Waals surface area contributed by atoms with Gasteiger partial charge < -0.3 is 15.5 Å². The molecule has 0 spiro atoms. The van der Waals surface area contributed by atoms with E-state index in [1.54, 1.807) is 24.7 Å². The van der Waals surface area contributed by atoms with Gasteiger partial charge in [-0.05, 0) is 69.4 Å². The number of hydrogen-bond donors (Lipinski definition) is 3. The number of benzene rings is 1. The Kier molecular flexibility index (Phi) is 5.72. The highest BCUT2D eigenvalue weighted by Crippen LogP contribution is 2.43. The van der Waals surface area contributed by atoms with Gasteiger partial charge in [0, 0.05) is 23.6 Å². The summed E-state index contributed by atoms with van der Waals surface area (Å²) in [6.45, 7) is 5.24. The van der Waals surface area contributed by atoms with Crippen LogP contribution in [-0.2, 0) is 0 Å². The largest absolute Gasteiger partial charge is 0.387 e. The average Bonchev–Trinajstić information content (AvgIpc) is 3.19. The summed E-state index contributed by atoms with van der Waals surface area (Å²) in [5.41, 5.74) is 0.455. The zero-order valence-corrected chi connectivity index (χ0v) is 18.3. The third kappa shape index (κ3) is 4.22. The van der Waals surface area contributed by atoms with E-state index in [-0.39, 0.29) is 17.7 Å². The molecule has 0 saturated heterocycles. The quantitative estimate of drug-likeness (QED) is 0.535. The van der Waals surface area contributed by atoms with Crippen LogP contribution in [0.3, 0.4) is 0 Å². The summed E-state index contributed by atoms with van der Waals surface area (Å²) < 4.78 is 27.6. The molecule has 7 nitrogen and oxygen atoms in total. The summed E-state index contributed by atoms with van der Waals surface area (Å²) in [5, 5.41) is 29.1. The third-order valence-electron chi connectivity index (χ3n) is 6.37. The van der Waals surface area contributed by atoms with E-state index in [9.17, 15) is 19.0 Å². The fraction of sp³-hybridized carbons (Fsp3) is 0.435. The molecule has 32 heavy (non-hydrogen) atoms. The Morgan fingerprint density at radius 2 is 1.97 bits per heavy atom. The Labute approximate surface area is 185 Å². The van der Waals surface area contributed by atoms with E-state index in [0.717, 1.165) is 23.1 Å². The predicted octanol–water partition coefficient (Wildman–Crippen LogP) is 4.56. The fourth-order valence-electron chi connectivity index (χ4n) is 4.29. The smallest absolute Gasteiger partial charge is 0.280 e. The lowest BCUT2D eigenvalue weighted by molar-refractivity contribution is -0.180. The molecule has 3 aromatic rings. The normalized spacial score (nSPS) is 25.8. The topological polar surface area (TPSA) is 96.1 Å². The van der Waals surface area contributed by atoms with Crippen LogP contribution in [0.5, 0.6) is 0 Å². The van der Waals surface area contributed by atoms with Gasteiger partial charge in [-0.1, -0.05) is 6.07 Å². The molecule has 1 aromatic carbocycles. The highest BCUT2D eigenvalue weighted by atomic mass is 19.3. The van der Waals surface area contributed by atoms with Gasteiger partial charge in [0.25, 0.3) is 6.43 Å². The third-order valence-corrected chi connectivity index (χ3v) is 6.37. The molecule has 170 valence electrons. The van der Waals surface area contributed by atoms with Crippen molar-refractivity contribution in [1.82, 2.24) is 19.7 Å². The van der Waals surface area contributed by atoms with Gasteiger partial charge >= 0.3 is 0 Å². The second-order valence-corrected chi connectivity index (χ2v) is 8.86. The zero-order valence-electron chi connectivity index (χ0n) is 18.3. The molecule has 1 aliphatic rings. The van der Waals surface area contributed by atoms with Gasteiger partial charge in [0.1, 0.15) is 11.3 Å². The van der Waals surface area contributed by atoms with E-state index in [1.807, 2.05) is 31.3 Å². The lowest BCUT2D eigenvalue weighted by Gasteiger charge is -2.47. The number of alkyl halides is 2. The average molecular weight is 443 g/mol. The molecular weight excluding hydrogens is 416 g/mol. The number of nitrogens with zero attached hydrogens (tertiary/aromatic N) is 4. The number of rotatable bonds is 5. The second kappa shape index (κ2) is 8.22. The molecule has 3 atom stereocenters. The minimum absolute atomic E-state index is 0.0931. The van der Waals surface area contributed by atoms with Crippen LogP contribution in [0, 0.1) is 6.92 Å². The number of hydrogen-bond acceptors (Lipinski definition) is 6. The molecule has 0 amide bonds. The van der Waals surface area contributed by atoms with Crippen LogP contribution in [0.2, 0.25) is 0 Å². The minimum Gasteiger partial charge on any atom is -0.387 e. The molecule has 0 aliphatic heterocycles. The van der Waals surface area contributed by atoms with Crippen molar-refractivity contribution in [1.29, 1.82) is 0 Å². The van der Waals surface area contributed by atoms with E-state index >= 15 is 0 Å². The molecule has 1 aliphatic carbocycles. The molecule has 2 heterocycles. The summed E-state index contributed by atoms with van der Waals surface area (Å²) >= 11 is 0. The molecule has 9 heteroatoms. The summed E-state index contributed by atoms with van der Waals surface area (Å²) in [5.74, 6) is 0.0931. The molecule has 4 rings (SSSR count). The predicted molar refractivity (Wildman–Crippen MR) is 117 cm³/mol. The molecule has 0 bridgehead atoms. The van der Waals surface area contributed by atoms with Crippen molar-refractivity contribution in [3.8, 4) is 11.1 Å². The van der Waals surface area contributed by atoms with Crippen molar-refractivity contribution in [2.75, 3.05) is 5.32 Å². The van der Waals surface area contributed by atoms with Crippen LogP contribution in [0.15, 0.2) is 42.9 Å². The number of aliphatic hydroxyl groups is 2. The first-order valence-electron chi connectivity index (χ1n) is 10.6. The maximum Gasteiger partial charge on any atom is 0.280 e. The second-order valence-electron chi connectivity index (χ2n) is 8.86. The molecule has 3 unspecified atom stereocenters. The maximum atomic E-state index is 12.9. The zero-order chi connectivity index (χ0) is 23.1. The highest BCUT2D eigenvalue weighted by Gasteiger charge is 2.51. The summed E-state index contributed by atoms with van der Waals surface area (Å²) in [6.07, 6.45) is 4.23. The first kappa shape index (κ1) is 22.3. The van der Waals surface area contributed by atoms with Crippen molar-refractivity contribution >= 4 is 11.6 Å². The Morgan fingerprint density at radius 3 is 2.72 bits per heavy atom.